The molecule has 1 aliphatic rings. The molecule has 0 fully saturated rings. The maximum Gasteiger partial charge on any atom is 0.363 e. The summed E-state index contributed by atoms with van der Waals surface area (Å²) in [5, 5.41) is 0. The summed E-state index contributed by atoms with van der Waals surface area (Å²) >= 11 is 0. The number of carbonyl (C=O) groups excluding carboxylic acids is 2. The highest BCUT2D eigenvalue weighted by atomic mass is 16.6. The van der Waals surface area contributed by atoms with Crippen LogP contribution >= 0.6 is 0 Å². The number of ketones is 1. The van der Waals surface area contributed by atoms with Crippen molar-refractivity contribution in [3.05, 3.63) is 65.7 Å². The van der Waals surface area contributed by atoms with Gasteiger partial charge in [-0.25, -0.2) is 4.79 Å². The molecule has 0 saturated carbocycles. The highest BCUT2D eigenvalue weighted by molar-refractivity contribution is 6.05. The second kappa shape index (κ2) is 6.59. The summed E-state index contributed by atoms with van der Waals surface area (Å²) in [6.45, 7) is 1.89. The summed E-state index contributed by atoms with van der Waals surface area (Å²) in [5.74, 6) is 5.28. The zero-order valence-corrected chi connectivity index (χ0v) is 13.2. The van der Waals surface area contributed by atoms with E-state index in [2.05, 4.69) is 11.8 Å². The van der Waals surface area contributed by atoms with Gasteiger partial charge in [-0.1, -0.05) is 36.3 Å². The molecule has 0 unspecified atom stereocenters. The lowest BCUT2D eigenvalue weighted by Gasteiger charge is -2.31. The fraction of sp³-hybridized carbons (Fsp3) is 0.200. The fourth-order valence-corrected chi connectivity index (χ4v) is 2.51. The highest BCUT2D eigenvalue weighted by Crippen LogP contribution is 2.33. The van der Waals surface area contributed by atoms with Gasteiger partial charge in [0.2, 0.25) is 0 Å². The van der Waals surface area contributed by atoms with Crippen LogP contribution in [0.4, 0.5) is 0 Å². The van der Waals surface area contributed by atoms with Gasteiger partial charge in [-0.15, -0.1) is 0 Å². The van der Waals surface area contributed by atoms with Gasteiger partial charge in [0, 0.05) is 5.56 Å². The number of fused-ring (bicyclic) bond motifs is 1. The van der Waals surface area contributed by atoms with Crippen molar-refractivity contribution in [2.24, 2.45) is 0 Å². The number of carbonyl (C=O) groups is 2. The molecule has 0 spiro atoms. The van der Waals surface area contributed by atoms with E-state index in [1.54, 1.807) is 31.2 Å². The van der Waals surface area contributed by atoms with E-state index in [0.29, 0.717) is 11.3 Å². The zero-order valence-electron chi connectivity index (χ0n) is 13.2. The number of esters is 1. The first-order chi connectivity index (χ1) is 11.6. The van der Waals surface area contributed by atoms with Gasteiger partial charge in [0.05, 0.1) is 18.6 Å². The van der Waals surface area contributed by atoms with E-state index in [1.807, 2.05) is 30.3 Å². The van der Waals surface area contributed by atoms with Gasteiger partial charge >= 0.3 is 5.97 Å². The number of benzene rings is 2. The van der Waals surface area contributed by atoms with Gasteiger partial charge in [0.15, 0.2) is 5.78 Å². The molecule has 3 rings (SSSR count). The third kappa shape index (κ3) is 3.02. The quantitative estimate of drug-likeness (QED) is 0.630. The van der Waals surface area contributed by atoms with Gasteiger partial charge < -0.3 is 9.47 Å². The molecule has 0 amide bonds. The van der Waals surface area contributed by atoms with Gasteiger partial charge in [0.25, 0.3) is 5.60 Å². The Morgan fingerprint density at radius 1 is 1.17 bits per heavy atom. The maximum atomic E-state index is 12.5. The highest BCUT2D eigenvalue weighted by Gasteiger charge is 2.47. The lowest BCUT2D eigenvalue weighted by atomic mass is 9.90. The minimum atomic E-state index is -1.61. The van der Waals surface area contributed by atoms with Crippen LogP contribution in [-0.4, -0.2) is 24.0 Å². The third-order valence-electron chi connectivity index (χ3n) is 3.67. The van der Waals surface area contributed by atoms with E-state index in [4.69, 9.17) is 9.47 Å². The first kappa shape index (κ1) is 15.8. The summed E-state index contributed by atoms with van der Waals surface area (Å²) in [6.07, 6.45) is -0.164. The number of rotatable bonds is 2. The predicted molar refractivity (Wildman–Crippen MR) is 88.7 cm³/mol. The summed E-state index contributed by atoms with van der Waals surface area (Å²) in [5.41, 5.74) is -0.424. The molecule has 4 heteroatoms. The Balaban J connectivity index is 2.04. The SMILES string of the molecule is CCOC(=O)[C@]1(C#Cc2ccccc2)CC(=O)c2ccccc2O1. The van der Waals surface area contributed by atoms with E-state index in [1.165, 1.54) is 0 Å². The minimum absolute atomic E-state index is 0.164. The van der Waals surface area contributed by atoms with Gasteiger partial charge in [-0.05, 0) is 37.1 Å². The Morgan fingerprint density at radius 2 is 1.88 bits per heavy atom. The molecule has 0 aliphatic carbocycles. The van der Waals surface area contributed by atoms with Crippen molar-refractivity contribution >= 4 is 11.8 Å². The van der Waals surface area contributed by atoms with E-state index in [-0.39, 0.29) is 18.8 Å². The Bertz CT molecular complexity index is 829. The Kier molecular flexibility index (Phi) is 4.35. The normalized spacial score (nSPS) is 18.6. The van der Waals surface area contributed by atoms with Crippen molar-refractivity contribution in [1.82, 2.24) is 0 Å². The first-order valence-corrected chi connectivity index (χ1v) is 7.71. The molecule has 0 aromatic heterocycles. The van der Waals surface area contributed by atoms with Crippen LogP contribution in [0.3, 0.4) is 0 Å². The lowest BCUT2D eigenvalue weighted by Crippen LogP contribution is -2.49. The number of hydrogen-bond donors (Lipinski definition) is 0. The average Bonchev–Trinajstić information content (AvgIpc) is 2.61. The molecule has 4 nitrogen and oxygen atoms in total. The summed E-state index contributed by atoms with van der Waals surface area (Å²) in [6, 6.07) is 16.1. The van der Waals surface area contributed by atoms with Gasteiger partial charge in [-0.2, -0.15) is 0 Å². The topological polar surface area (TPSA) is 52.6 Å². The van der Waals surface area contributed by atoms with Crippen LogP contribution in [0.1, 0.15) is 29.3 Å². The van der Waals surface area contributed by atoms with Crippen LogP contribution in [0.15, 0.2) is 54.6 Å². The Morgan fingerprint density at radius 3 is 2.62 bits per heavy atom. The molecule has 1 aliphatic heterocycles. The van der Waals surface area contributed by atoms with Crippen LogP contribution in [0.5, 0.6) is 5.75 Å². The fourth-order valence-electron chi connectivity index (χ4n) is 2.51. The lowest BCUT2D eigenvalue weighted by molar-refractivity contribution is -0.157. The van der Waals surface area contributed by atoms with E-state index < -0.39 is 11.6 Å². The molecule has 0 radical (unpaired) electrons. The van der Waals surface area contributed by atoms with Crippen LogP contribution < -0.4 is 4.74 Å². The number of para-hydroxylation sites is 1. The van der Waals surface area contributed by atoms with Crippen LogP contribution in [0, 0.1) is 11.8 Å². The molecule has 1 heterocycles. The molecule has 0 N–H and O–H groups in total. The standard InChI is InChI=1S/C20H16O4/c1-2-23-19(22)20(13-12-15-8-4-3-5-9-15)14-17(21)16-10-6-7-11-18(16)24-20/h3-11H,2,14H2,1H3/t20-/m0/s1. The number of hydrogen-bond acceptors (Lipinski definition) is 4. The van der Waals surface area contributed by atoms with Crippen LogP contribution in [0.2, 0.25) is 0 Å². The van der Waals surface area contributed by atoms with Gasteiger partial charge in [-0.3, -0.25) is 4.79 Å². The minimum Gasteiger partial charge on any atom is -0.462 e. The maximum absolute atomic E-state index is 12.5. The second-order valence-electron chi connectivity index (χ2n) is 5.36. The smallest absolute Gasteiger partial charge is 0.363 e. The molecule has 0 saturated heterocycles. The zero-order chi connectivity index (χ0) is 17.0. The summed E-state index contributed by atoms with van der Waals surface area (Å²) < 4.78 is 11.0. The molecule has 0 bridgehead atoms. The molecule has 2 aromatic carbocycles. The summed E-state index contributed by atoms with van der Waals surface area (Å²) in [7, 11) is 0. The number of Topliss-reactive ketones (excluding diaryl/α,β-unsaturated/α-hetero) is 1. The second-order valence-corrected chi connectivity index (χ2v) is 5.36. The molecular weight excluding hydrogens is 304 g/mol. The van der Waals surface area contributed by atoms with Crippen molar-refractivity contribution in [3.8, 4) is 17.6 Å². The van der Waals surface area contributed by atoms with Gasteiger partial charge in [0.1, 0.15) is 5.75 Å². The molecular formula is C20H16O4. The van der Waals surface area contributed by atoms with Crippen molar-refractivity contribution in [2.75, 3.05) is 6.61 Å². The number of ether oxygens (including phenoxy) is 2. The predicted octanol–water partition coefficient (Wildman–Crippen LogP) is 3.01. The molecule has 1 atom stereocenters. The van der Waals surface area contributed by atoms with Crippen LogP contribution in [0.25, 0.3) is 0 Å². The first-order valence-electron chi connectivity index (χ1n) is 7.71. The van der Waals surface area contributed by atoms with Crippen LogP contribution in [-0.2, 0) is 9.53 Å². The summed E-state index contributed by atoms with van der Waals surface area (Å²) in [4.78, 5) is 25.0. The monoisotopic (exact) mass is 320 g/mol. The average molecular weight is 320 g/mol. The van der Waals surface area contributed by atoms with E-state index in [9.17, 15) is 9.59 Å². The largest absolute Gasteiger partial charge is 0.462 e. The Hall–Kier alpha value is -3.06. The van der Waals surface area contributed by atoms with Crippen molar-refractivity contribution in [3.63, 3.8) is 0 Å². The molecule has 24 heavy (non-hydrogen) atoms. The molecule has 120 valence electrons. The third-order valence-corrected chi connectivity index (χ3v) is 3.67. The van der Waals surface area contributed by atoms with Crippen molar-refractivity contribution < 1.29 is 19.1 Å². The Labute approximate surface area is 140 Å². The van der Waals surface area contributed by atoms with E-state index >= 15 is 0 Å². The van der Waals surface area contributed by atoms with Crippen molar-refractivity contribution in [1.29, 1.82) is 0 Å². The van der Waals surface area contributed by atoms with Crippen molar-refractivity contribution in [2.45, 2.75) is 18.9 Å². The van der Waals surface area contributed by atoms with E-state index in [0.717, 1.165) is 5.56 Å². The molecule has 2 aromatic rings.